The number of carbonyl (C=O) groups excluding carboxylic acids is 1. The molecule has 2 aromatic heterocycles. The van der Waals surface area contributed by atoms with Gasteiger partial charge in [0.15, 0.2) is 11.6 Å². The van der Waals surface area contributed by atoms with Crippen molar-refractivity contribution in [2.24, 2.45) is 0 Å². The highest BCUT2D eigenvalue weighted by atomic mass is 19.2. The fourth-order valence-electron chi connectivity index (χ4n) is 3.62. The van der Waals surface area contributed by atoms with Crippen LogP contribution in [0.5, 0.6) is 0 Å². The molecule has 0 atom stereocenters. The third-order valence-corrected chi connectivity index (χ3v) is 5.94. The van der Waals surface area contributed by atoms with E-state index in [2.05, 4.69) is 45.9 Å². The van der Waals surface area contributed by atoms with Gasteiger partial charge in [-0.05, 0) is 56.2 Å². The van der Waals surface area contributed by atoms with E-state index in [0.29, 0.717) is 5.56 Å². The molecule has 186 valence electrons. The number of nitrogens with zero attached hydrogens (tertiary/aromatic N) is 5. The van der Waals surface area contributed by atoms with E-state index in [1.807, 2.05) is 25.2 Å². The molecule has 0 aliphatic rings. The molecule has 1 amide bonds. The minimum absolute atomic E-state index is 0.0566. The molecule has 0 aliphatic heterocycles. The molecule has 0 aliphatic carbocycles. The highest BCUT2D eigenvalue weighted by Crippen LogP contribution is 2.27. The molecule has 8 nitrogen and oxygen atoms in total. The fraction of sp³-hybridized carbons (Fsp3) is 0.269. The smallest absolute Gasteiger partial charge is 0.266 e. The summed E-state index contributed by atoms with van der Waals surface area (Å²) in [6, 6.07) is 8.98. The van der Waals surface area contributed by atoms with Gasteiger partial charge in [-0.3, -0.25) is 14.2 Å². The van der Waals surface area contributed by atoms with E-state index in [-0.39, 0.29) is 24.2 Å². The summed E-state index contributed by atoms with van der Waals surface area (Å²) in [5.74, 6) is -1.81. The molecule has 2 heterocycles. The van der Waals surface area contributed by atoms with Crippen LogP contribution in [0.2, 0.25) is 0 Å². The summed E-state index contributed by atoms with van der Waals surface area (Å²) >= 11 is 0. The lowest BCUT2D eigenvalue weighted by molar-refractivity contribution is 0.0948. The Balaban J connectivity index is 1.53. The lowest BCUT2D eigenvalue weighted by atomic mass is 10.1. The SMILES string of the molecule is CN(c1ncnc2ccc(CNC(=O)c3cncn(Cc4ccc(F)c(F)c4)c3=O)cc12)C(C)(C)C. The zero-order valence-corrected chi connectivity index (χ0v) is 20.4. The third-order valence-electron chi connectivity index (χ3n) is 5.94. The Morgan fingerprint density at radius 3 is 2.53 bits per heavy atom. The van der Waals surface area contributed by atoms with Gasteiger partial charge in [-0.25, -0.2) is 23.7 Å². The van der Waals surface area contributed by atoms with Crippen LogP contribution in [-0.2, 0) is 13.1 Å². The van der Waals surface area contributed by atoms with Crippen molar-refractivity contribution in [3.8, 4) is 0 Å². The number of nitrogens with one attached hydrogen (secondary N) is 1. The highest BCUT2D eigenvalue weighted by Gasteiger charge is 2.21. The number of amides is 1. The Hall–Kier alpha value is -4.21. The molecule has 0 spiro atoms. The molecule has 10 heteroatoms. The van der Waals surface area contributed by atoms with Crippen molar-refractivity contribution in [3.63, 3.8) is 0 Å². The first-order valence-electron chi connectivity index (χ1n) is 11.3. The van der Waals surface area contributed by atoms with Crippen LogP contribution in [0.3, 0.4) is 0 Å². The number of hydrogen-bond acceptors (Lipinski definition) is 6. The Morgan fingerprint density at radius 1 is 1.06 bits per heavy atom. The Morgan fingerprint density at radius 2 is 1.81 bits per heavy atom. The molecule has 4 aromatic rings. The average Bonchev–Trinajstić information content (AvgIpc) is 2.84. The molecule has 4 rings (SSSR count). The molecule has 0 unspecified atom stereocenters. The van der Waals surface area contributed by atoms with E-state index in [4.69, 9.17) is 0 Å². The molecular weight excluding hydrogens is 466 g/mol. The van der Waals surface area contributed by atoms with Gasteiger partial charge in [0.25, 0.3) is 11.5 Å². The summed E-state index contributed by atoms with van der Waals surface area (Å²) in [5.41, 5.74) is 1.04. The van der Waals surface area contributed by atoms with E-state index in [0.717, 1.165) is 34.4 Å². The molecule has 0 saturated heterocycles. The van der Waals surface area contributed by atoms with Crippen molar-refractivity contribution >= 4 is 22.6 Å². The van der Waals surface area contributed by atoms with E-state index in [1.54, 1.807) is 0 Å². The minimum atomic E-state index is -1.01. The fourth-order valence-corrected chi connectivity index (χ4v) is 3.62. The predicted molar refractivity (Wildman–Crippen MR) is 133 cm³/mol. The molecule has 0 fully saturated rings. The number of rotatable bonds is 6. The largest absolute Gasteiger partial charge is 0.354 e. The number of anilines is 1. The number of fused-ring (bicyclic) bond motifs is 1. The first-order valence-corrected chi connectivity index (χ1v) is 11.3. The average molecular weight is 493 g/mol. The molecular formula is C26H26F2N6O2. The van der Waals surface area contributed by atoms with Crippen molar-refractivity contribution in [2.75, 3.05) is 11.9 Å². The van der Waals surface area contributed by atoms with Gasteiger partial charge in [0.2, 0.25) is 0 Å². The van der Waals surface area contributed by atoms with Crippen molar-refractivity contribution in [1.82, 2.24) is 24.8 Å². The normalized spacial score (nSPS) is 11.5. The van der Waals surface area contributed by atoms with Crippen LogP contribution >= 0.6 is 0 Å². The first kappa shape index (κ1) is 24.9. The quantitative estimate of drug-likeness (QED) is 0.442. The summed E-state index contributed by atoms with van der Waals surface area (Å²) in [5, 5.41) is 3.60. The molecule has 2 aromatic carbocycles. The molecule has 36 heavy (non-hydrogen) atoms. The topological polar surface area (TPSA) is 93.0 Å². The van der Waals surface area contributed by atoms with Crippen molar-refractivity contribution in [3.05, 3.63) is 93.9 Å². The van der Waals surface area contributed by atoms with Crippen LogP contribution < -0.4 is 15.8 Å². The van der Waals surface area contributed by atoms with E-state index in [1.165, 1.54) is 29.5 Å². The number of aromatic nitrogens is 4. The van der Waals surface area contributed by atoms with Crippen LogP contribution in [-0.4, -0.2) is 38.0 Å². The molecule has 1 N–H and O–H groups in total. The van der Waals surface area contributed by atoms with Gasteiger partial charge < -0.3 is 10.2 Å². The maximum Gasteiger partial charge on any atom is 0.266 e. The lowest BCUT2D eigenvalue weighted by Crippen LogP contribution is -2.38. The standard InChI is InChI=1S/C26H26F2N6O2/c1-26(2,3)33(4)23-18-9-16(6-8-22(18)31-14-32-23)11-30-24(35)19-12-29-15-34(25(19)36)13-17-5-7-20(27)21(28)10-17/h5-10,12,14-15H,11,13H2,1-4H3,(H,30,35). The van der Waals surface area contributed by atoms with Crippen molar-refractivity contribution < 1.29 is 13.6 Å². The molecule has 0 radical (unpaired) electrons. The van der Waals surface area contributed by atoms with Gasteiger partial charge in [0, 0.05) is 30.7 Å². The van der Waals surface area contributed by atoms with Crippen LogP contribution in [0.15, 0.2) is 60.0 Å². The first-order chi connectivity index (χ1) is 17.0. The Labute approximate surface area is 206 Å². The third kappa shape index (κ3) is 5.22. The summed E-state index contributed by atoms with van der Waals surface area (Å²) in [6.07, 6.45) is 3.95. The monoisotopic (exact) mass is 492 g/mol. The summed E-state index contributed by atoms with van der Waals surface area (Å²) in [7, 11) is 1.96. The Bertz CT molecular complexity index is 1500. The summed E-state index contributed by atoms with van der Waals surface area (Å²) < 4.78 is 27.9. The summed E-state index contributed by atoms with van der Waals surface area (Å²) in [6.45, 7) is 6.35. The number of benzene rings is 2. The zero-order chi connectivity index (χ0) is 26.0. The Kier molecular flexibility index (Phi) is 6.78. The maximum absolute atomic E-state index is 13.5. The minimum Gasteiger partial charge on any atom is -0.354 e. The highest BCUT2D eigenvalue weighted by molar-refractivity contribution is 5.94. The predicted octanol–water partition coefficient (Wildman–Crippen LogP) is 3.68. The number of carbonyl (C=O) groups is 1. The van der Waals surface area contributed by atoms with Crippen molar-refractivity contribution in [1.29, 1.82) is 0 Å². The molecule has 0 saturated carbocycles. The van der Waals surface area contributed by atoms with Gasteiger partial charge in [-0.2, -0.15) is 0 Å². The van der Waals surface area contributed by atoms with Gasteiger partial charge in [-0.1, -0.05) is 12.1 Å². The second-order valence-corrected chi connectivity index (χ2v) is 9.45. The van der Waals surface area contributed by atoms with E-state index >= 15 is 0 Å². The van der Waals surface area contributed by atoms with Gasteiger partial charge in [0.05, 0.1) is 18.4 Å². The van der Waals surface area contributed by atoms with Crippen molar-refractivity contribution in [2.45, 2.75) is 39.4 Å². The van der Waals surface area contributed by atoms with E-state index < -0.39 is 23.1 Å². The van der Waals surface area contributed by atoms with E-state index in [9.17, 15) is 18.4 Å². The van der Waals surface area contributed by atoms with Crippen LogP contribution in [0.25, 0.3) is 10.9 Å². The van der Waals surface area contributed by atoms with Gasteiger partial charge in [-0.15, -0.1) is 0 Å². The van der Waals surface area contributed by atoms with Crippen LogP contribution in [0.4, 0.5) is 14.6 Å². The zero-order valence-electron chi connectivity index (χ0n) is 20.4. The number of halogens is 2. The maximum atomic E-state index is 13.5. The van der Waals surface area contributed by atoms with Crippen LogP contribution in [0.1, 0.15) is 42.3 Å². The second-order valence-electron chi connectivity index (χ2n) is 9.45. The van der Waals surface area contributed by atoms with Crippen LogP contribution in [0, 0.1) is 11.6 Å². The van der Waals surface area contributed by atoms with Gasteiger partial charge >= 0.3 is 0 Å². The van der Waals surface area contributed by atoms with Gasteiger partial charge in [0.1, 0.15) is 17.7 Å². The second kappa shape index (κ2) is 9.80. The number of hydrogen-bond donors (Lipinski definition) is 1. The lowest BCUT2D eigenvalue weighted by Gasteiger charge is -2.33. The molecule has 0 bridgehead atoms. The summed E-state index contributed by atoms with van der Waals surface area (Å²) in [4.78, 5) is 40.5.